The minimum Gasteiger partial charge on any atom is -0.334 e. The number of hydrogen-bond donors (Lipinski definition) is 2. The summed E-state index contributed by atoms with van der Waals surface area (Å²) in [4.78, 5) is 17.6. The zero-order valence-electron chi connectivity index (χ0n) is 8.80. The normalized spacial score (nSPS) is 12.6. The van der Waals surface area contributed by atoms with Crippen LogP contribution in [-0.2, 0) is 0 Å². The van der Waals surface area contributed by atoms with Crippen LogP contribution in [0.3, 0.4) is 0 Å². The lowest BCUT2D eigenvalue weighted by Crippen LogP contribution is -2.10. The summed E-state index contributed by atoms with van der Waals surface area (Å²) in [7, 11) is 0. The molecule has 1 atom stereocenters. The van der Waals surface area contributed by atoms with Crippen molar-refractivity contribution in [2.24, 2.45) is 5.73 Å². The molecule has 0 spiro atoms. The van der Waals surface area contributed by atoms with Gasteiger partial charge in [-0.15, -0.1) is 0 Å². The lowest BCUT2D eigenvalue weighted by atomic mass is 10.2. The highest BCUT2D eigenvalue weighted by Crippen LogP contribution is 2.17. The van der Waals surface area contributed by atoms with Gasteiger partial charge in [0, 0.05) is 24.7 Å². The van der Waals surface area contributed by atoms with Gasteiger partial charge in [0.1, 0.15) is 0 Å². The summed E-state index contributed by atoms with van der Waals surface area (Å²) in [6.07, 6.45) is 1.53. The number of aromatic nitrogens is 3. The zero-order chi connectivity index (χ0) is 11.5. The van der Waals surface area contributed by atoms with E-state index in [1.54, 1.807) is 6.07 Å². The molecular formula is C10H12N4O2. The molecule has 6 nitrogen and oxygen atoms in total. The second kappa shape index (κ2) is 4.28. The molecule has 16 heavy (non-hydrogen) atoms. The Morgan fingerprint density at radius 2 is 2.38 bits per heavy atom. The van der Waals surface area contributed by atoms with Crippen LogP contribution in [0.4, 0.5) is 0 Å². The predicted octanol–water partition coefficient (Wildman–Crippen LogP) is 0.487. The summed E-state index contributed by atoms with van der Waals surface area (Å²) in [6, 6.07) is 3.04. The second-order valence-electron chi connectivity index (χ2n) is 3.54. The predicted molar refractivity (Wildman–Crippen MR) is 57.8 cm³/mol. The molecule has 0 aromatic carbocycles. The molecule has 2 heterocycles. The number of nitrogens with one attached hydrogen (secondary N) is 1. The Morgan fingerprint density at radius 3 is 3.00 bits per heavy atom. The SMILES string of the molecule is CC(CN)c1noc(-c2ccc(=O)[nH]c2)n1. The van der Waals surface area contributed by atoms with Crippen molar-refractivity contribution in [3.05, 3.63) is 34.5 Å². The van der Waals surface area contributed by atoms with Crippen LogP contribution < -0.4 is 11.3 Å². The van der Waals surface area contributed by atoms with E-state index in [0.29, 0.717) is 23.8 Å². The maximum Gasteiger partial charge on any atom is 0.259 e. The topological polar surface area (TPSA) is 97.8 Å². The largest absolute Gasteiger partial charge is 0.334 e. The van der Waals surface area contributed by atoms with E-state index in [4.69, 9.17) is 10.3 Å². The third kappa shape index (κ3) is 2.01. The maximum atomic E-state index is 10.9. The highest BCUT2D eigenvalue weighted by atomic mass is 16.5. The number of nitrogens with two attached hydrogens (primary N) is 1. The van der Waals surface area contributed by atoms with Crippen LogP contribution in [0.2, 0.25) is 0 Å². The zero-order valence-corrected chi connectivity index (χ0v) is 8.80. The van der Waals surface area contributed by atoms with Gasteiger partial charge in [-0.3, -0.25) is 4.79 Å². The van der Waals surface area contributed by atoms with Crippen molar-refractivity contribution in [2.75, 3.05) is 6.54 Å². The van der Waals surface area contributed by atoms with Crippen LogP contribution in [-0.4, -0.2) is 21.7 Å². The summed E-state index contributed by atoms with van der Waals surface area (Å²) < 4.78 is 5.07. The third-order valence-electron chi connectivity index (χ3n) is 2.27. The van der Waals surface area contributed by atoms with Crippen LogP contribution >= 0.6 is 0 Å². The van der Waals surface area contributed by atoms with E-state index in [1.165, 1.54) is 12.3 Å². The standard InChI is InChI=1S/C10H12N4O2/c1-6(4-11)9-13-10(16-14-9)7-2-3-8(15)12-5-7/h2-3,5-6H,4,11H2,1H3,(H,12,15). The highest BCUT2D eigenvalue weighted by Gasteiger charge is 2.13. The highest BCUT2D eigenvalue weighted by molar-refractivity contribution is 5.50. The van der Waals surface area contributed by atoms with Crippen LogP contribution in [0.15, 0.2) is 27.6 Å². The molecule has 2 aromatic rings. The maximum absolute atomic E-state index is 10.9. The van der Waals surface area contributed by atoms with E-state index in [9.17, 15) is 4.79 Å². The summed E-state index contributed by atoms with van der Waals surface area (Å²) >= 11 is 0. The van der Waals surface area contributed by atoms with Crippen molar-refractivity contribution in [3.63, 3.8) is 0 Å². The molecule has 0 aliphatic rings. The number of aromatic amines is 1. The summed E-state index contributed by atoms with van der Waals surface area (Å²) in [5.74, 6) is 1.01. The van der Waals surface area contributed by atoms with E-state index in [-0.39, 0.29) is 11.5 Å². The fraction of sp³-hybridized carbons (Fsp3) is 0.300. The molecule has 0 saturated heterocycles. The molecular weight excluding hydrogens is 208 g/mol. The molecule has 0 aliphatic carbocycles. The molecule has 0 amide bonds. The molecule has 2 rings (SSSR count). The van der Waals surface area contributed by atoms with Crippen LogP contribution in [0.5, 0.6) is 0 Å². The average molecular weight is 220 g/mol. The van der Waals surface area contributed by atoms with Gasteiger partial charge in [0.2, 0.25) is 5.56 Å². The van der Waals surface area contributed by atoms with Crippen LogP contribution in [0.25, 0.3) is 11.5 Å². The molecule has 3 N–H and O–H groups in total. The van der Waals surface area contributed by atoms with Crippen LogP contribution in [0.1, 0.15) is 18.7 Å². The molecule has 6 heteroatoms. The number of H-pyrrole nitrogens is 1. The number of hydrogen-bond acceptors (Lipinski definition) is 5. The molecule has 1 unspecified atom stereocenters. The van der Waals surface area contributed by atoms with E-state index in [0.717, 1.165) is 0 Å². The molecule has 2 aromatic heterocycles. The molecule has 0 aliphatic heterocycles. The van der Waals surface area contributed by atoms with Crippen molar-refractivity contribution in [1.29, 1.82) is 0 Å². The Hall–Kier alpha value is -1.95. The quantitative estimate of drug-likeness (QED) is 0.784. The fourth-order valence-corrected chi connectivity index (χ4v) is 1.20. The van der Waals surface area contributed by atoms with Gasteiger partial charge in [-0.1, -0.05) is 12.1 Å². The van der Waals surface area contributed by atoms with Gasteiger partial charge >= 0.3 is 0 Å². The Labute approximate surface area is 91.5 Å². The van der Waals surface area contributed by atoms with Gasteiger partial charge in [-0.25, -0.2) is 0 Å². The lowest BCUT2D eigenvalue weighted by molar-refractivity contribution is 0.418. The minimum atomic E-state index is -0.168. The number of rotatable bonds is 3. The Kier molecular flexibility index (Phi) is 2.82. The molecule has 84 valence electrons. The smallest absolute Gasteiger partial charge is 0.259 e. The Morgan fingerprint density at radius 1 is 1.56 bits per heavy atom. The second-order valence-corrected chi connectivity index (χ2v) is 3.54. The van der Waals surface area contributed by atoms with Crippen molar-refractivity contribution >= 4 is 0 Å². The first kappa shape index (κ1) is 10.6. The van der Waals surface area contributed by atoms with Gasteiger partial charge in [-0.05, 0) is 6.07 Å². The van der Waals surface area contributed by atoms with Gasteiger partial charge in [0.15, 0.2) is 5.82 Å². The summed E-state index contributed by atoms with van der Waals surface area (Å²) in [6.45, 7) is 2.38. The lowest BCUT2D eigenvalue weighted by Gasteiger charge is -1.98. The summed E-state index contributed by atoms with van der Waals surface area (Å²) in [5, 5.41) is 3.83. The number of pyridine rings is 1. The third-order valence-corrected chi connectivity index (χ3v) is 2.27. The van der Waals surface area contributed by atoms with Crippen molar-refractivity contribution in [2.45, 2.75) is 12.8 Å². The van der Waals surface area contributed by atoms with Gasteiger partial charge in [0.05, 0.1) is 5.56 Å². The van der Waals surface area contributed by atoms with Gasteiger partial charge in [-0.2, -0.15) is 4.98 Å². The number of nitrogens with zero attached hydrogens (tertiary/aromatic N) is 2. The van der Waals surface area contributed by atoms with Crippen molar-refractivity contribution in [1.82, 2.24) is 15.1 Å². The van der Waals surface area contributed by atoms with Gasteiger partial charge in [0.25, 0.3) is 5.89 Å². The first-order valence-corrected chi connectivity index (χ1v) is 4.93. The molecule has 0 bridgehead atoms. The summed E-state index contributed by atoms with van der Waals surface area (Å²) in [5.41, 5.74) is 6.02. The Bertz CT molecular complexity index is 511. The van der Waals surface area contributed by atoms with Gasteiger partial charge < -0.3 is 15.2 Å². The van der Waals surface area contributed by atoms with E-state index in [1.807, 2.05) is 6.92 Å². The van der Waals surface area contributed by atoms with Crippen molar-refractivity contribution < 1.29 is 4.52 Å². The van der Waals surface area contributed by atoms with Crippen molar-refractivity contribution in [3.8, 4) is 11.5 Å². The van der Waals surface area contributed by atoms with Crippen LogP contribution in [0, 0.1) is 0 Å². The molecule has 0 radical (unpaired) electrons. The van der Waals surface area contributed by atoms with E-state index < -0.39 is 0 Å². The minimum absolute atomic E-state index is 0.0558. The average Bonchev–Trinajstić information content (AvgIpc) is 2.78. The van der Waals surface area contributed by atoms with E-state index >= 15 is 0 Å². The molecule has 0 saturated carbocycles. The first-order valence-electron chi connectivity index (χ1n) is 4.93. The fourth-order valence-electron chi connectivity index (χ4n) is 1.20. The molecule has 0 fully saturated rings. The Balaban J connectivity index is 2.31. The monoisotopic (exact) mass is 220 g/mol. The first-order chi connectivity index (χ1) is 7.70. The van der Waals surface area contributed by atoms with E-state index in [2.05, 4.69) is 15.1 Å².